The summed E-state index contributed by atoms with van der Waals surface area (Å²) in [5.74, 6) is 1.95. The van der Waals surface area contributed by atoms with Crippen LogP contribution >= 0.6 is 11.8 Å². The van der Waals surface area contributed by atoms with Gasteiger partial charge >= 0.3 is 0 Å². The maximum absolute atomic E-state index is 13.1. The van der Waals surface area contributed by atoms with E-state index in [4.69, 9.17) is 9.47 Å². The van der Waals surface area contributed by atoms with E-state index in [1.165, 1.54) is 11.8 Å². The van der Waals surface area contributed by atoms with Gasteiger partial charge in [-0.3, -0.25) is 9.36 Å². The van der Waals surface area contributed by atoms with Crippen molar-refractivity contribution in [3.8, 4) is 28.6 Å². The van der Waals surface area contributed by atoms with E-state index in [9.17, 15) is 4.79 Å². The fourth-order valence-corrected chi connectivity index (χ4v) is 4.63. The molecule has 0 fully saturated rings. The molecule has 0 saturated carbocycles. The van der Waals surface area contributed by atoms with Crippen molar-refractivity contribution in [3.63, 3.8) is 0 Å². The van der Waals surface area contributed by atoms with Gasteiger partial charge in [0.2, 0.25) is 5.91 Å². The van der Waals surface area contributed by atoms with Crippen molar-refractivity contribution in [2.45, 2.75) is 31.2 Å². The van der Waals surface area contributed by atoms with Crippen LogP contribution in [0.1, 0.15) is 18.1 Å². The molecule has 3 aromatic carbocycles. The molecule has 1 atom stereocenters. The van der Waals surface area contributed by atoms with E-state index in [1.54, 1.807) is 14.2 Å². The minimum absolute atomic E-state index is 0.101. The molecule has 1 aromatic heterocycles. The van der Waals surface area contributed by atoms with Gasteiger partial charge in [-0.25, -0.2) is 0 Å². The minimum atomic E-state index is -0.416. The molecule has 8 heteroatoms. The number of rotatable bonds is 8. The molecule has 0 aliphatic carbocycles. The lowest BCUT2D eigenvalue weighted by atomic mass is 10.1. The Labute approximate surface area is 209 Å². The van der Waals surface area contributed by atoms with Crippen LogP contribution in [0.15, 0.2) is 71.9 Å². The number of aromatic nitrogens is 3. The number of hydrogen-bond donors (Lipinski definition) is 1. The highest BCUT2D eigenvalue weighted by molar-refractivity contribution is 8.00. The summed E-state index contributed by atoms with van der Waals surface area (Å²) in [6.07, 6.45) is 0. The maximum Gasteiger partial charge on any atom is 0.237 e. The second-order valence-electron chi connectivity index (χ2n) is 8.06. The van der Waals surface area contributed by atoms with Crippen molar-refractivity contribution in [2.75, 3.05) is 19.5 Å². The molecule has 0 saturated heterocycles. The second kappa shape index (κ2) is 10.7. The molecule has 0 aliphatic rings. The van der Waals surface area contributed by atoms with Crippen molar-refractivity contribution >= 4 is 23.4 Å². The summed E-state index contributed by atoms with van der Waals surface area (Å²) < 4.78 is 12.8. The molecule has 0 bridgehead atoms. The highest BCUT2D eigenvalue weighted by Crippen LogP contribution is 2.35. The monoisotopic (exact) mass is 488 g/mol. The zero-order valence-corrected chi connectivity index (χ0v) is 21.2. The molecule has 7 nitrogen and oxygen atoms in total. The van der Waals surface area contributed by atoms with Crippen LogP contribution in [0, 0.1) is 13.8 Å². The first-order valence-corrected chi connectivity index (χ1v) is 12.1. The van der Waals surface area contributed by atoms with Crippen molar-refractivity contribution < 1.29 is 14.3 Å². The fourth-order valence-electron chi connectivity index (χ4n) is 3.76. The van der Waals surface area contributed by atoms with E-state index >= 15 is 0 Å². The Morgan fingerprint density at radius 1 is 0.914 bits per heavy atom. The van der Waals surface area contributed by atoms with Crippen LogP contribution in [0.5, 0.6) is 11.5 Å². The van der Waals surface area contributed by atoms with Gasteiger partial charge in [0.05, 0.1) is 30.7 Å². The fraction of sp³-hybridized carbons (Fsp3) is 0.222. The Balaban J connectivity index is 1.70. The topological polar surface area (TPSA) is 78.3 Å². The molecule has 35 heavy (non-hydrogen) atoms. The Hall–Kier alpha value is -3.78. The highest BCUT2D eigenvalue weighted by Gasteiger charge is 2.24. The summed E-state index contributed by atoms with van der Waals surface area (Å²) in [5.41, 5.74) is 4.54. The van der Waals surface area contributed by atoms with E-state index in [0.717, 1.165) is 33.8 Å². The molecule has 1 unspecified atom stereocenters. The average molecular weight is 489 g/mol. The van der Waals surface area contributed by atoms with Gasteiger partial charge < -0.3 is 14.8 Å². The summed E-state index contributed by atoms with van der Waals surface area (Å²) in [5, 5.41) is 12.2. The second-order valence-corrected chi connectivity index (χ2v) is 9.36. The van der Waals surface area contributed by atoms with Crippen LogP contribution in [0.25, 0.3) is 17.1 Å². The van der Waals surface area contributed by atoms with Crippen molar-refractivity contribution in [2.24, 2.45) is 0 Å². The van der Waals surface area contributed by atoms with Crippen molar-refractivity contribution in [3.05, 3.63) is 77.9 Å². The van der Waals surface area contributed by atoms with E-state index in [2.05, 4.69) is 15.5 Å². The Morgan fingerprint density at radius 3 is 2.26 bits per heavy atom. The quantitative estimate of drug-likeness (QED) is 0.321. The number of aryl methyl sites for hydroxylation is 2. The predicted octanol–water partition coefficient (Wildman–Crippen LogP) is 5.69. The number of amides is 1. The minimum Gasteiger partial charge on any atom is -0.497 e. The van der Waals surface area contributed by atoms with Crippen LogP contribution in [-0.4, -0.2) is 40.1 Å². The molecular formula is C27H28N4O3S. The van der Waals surface area contributed by atoms with Gasteiger partial charge in [0.1, 0.15) is 11.5 Å². The number of carbonyl (C=O) groups is 1. The van der Waals surface area contributed by atoms with E-state index < -0.39 is 5.25 Å². The lowest BCUT2D eigenvalue weighted by Crippen LogP contribution is -2.23. The van der Waals surface area contributed by atoms with Gasteiger partial charge in [0, 0.05) is 5.69 Å². The Kier molecular flexibility index (Phi) is 7.41. The number of thioether (sulfide) groups is 1. The van der Waals surface area contributed by atoms with Crippen molar-refractivity contribution in [1.82, 2.24) is 14.8 Å². The molecular weight excluding hydrogens is 460 g/mol. The van der Waals surface area contributed by atoms with Gasteiger partial charge in [0.25, 0.3) is 0 Å². The zero-order chi connectivity index (χ0) is 24.9. The smallest absolute Gasteiger partial charge is 0.237 e. The Bertz CT molecular complexity index is 1310. The number of nitrogens with one attached hydrogen (secondary N) is 1. The largest absolute Gasteiger partial charge is 0.497 e. The highest BCUT2D eigenvalue weighted by atomic mass is 32.2. The number of anilines is 1. The van der Waals surface area contributed by atoms with E-state index in [-0.39, 0.29) is 5.91 Å². The number of carbonyl (C=O) groups excluding carboxylic acids is 1. The number of nitrogens with zero attached hydrogens (tertiary/aromatic N) is 3. The van der Waals surface area contributed by atoms with Crippen molar-refractivity contribution in [1.29, 1.82) is 0 Å². The molecule has 1 N–H and O–H groups in total. The van der Waals surface area contributed by atoms with Gasteiger partial charge in [0.15, 0.2) is 11.0 Å². The van der Waals surface area contributed by atoms with Gasteiger partial charge in [-0.05, 0) is 68.3 Å². The standard InChI is InChI=1S/C27H28N4O3S/c1-17-9-8-10-18(2)24(17)28-26(32)19(3)35-27-30-29-25(22-11-6-7-12-23(22)34-5)31(27)20-13-15-21(33-4)16-14-20/h6-16,19H,1-5H3,(H,28,32). The van der Waals surface area contributed by atoms with Gasteiger partial charge in [-0.1, -0.05) is 42.1 Å². The number of ether oxygens (including phenoxy) is 2. The number of para-hydroxylation sites is 2. The van der Waals surface area contributed by atoms with E-state index in [1.807, 2.05) is 92.1 Å². The number of hydrogen-bond acceptors (Lipinski definition) is 6. The SMILES string of the molecule is COc1ccc(-n2c(SC(C)C(=O)Nc3c(C)cccc3C)nnc2-c2ccccc2OC)cc1. The predicted molar refractivity (Wildman–Crippen MR) is 140 cm³/mol. The zero-order valence-electron chi connectivity index (χ0n) is 20.4. The average Bonchev–Trinajstić information content (AvgIpc) is 3.29. The lowest BCUT2D eigenvalue weighted by Gasteiger charge is -2.16. The summed E-state index contributed by atoms with van der Waals surface area (Å²) in [7, 11) is 3.26. The van der Waals surface area contributed by atoms with E-state index in [0.29, 0.717) is 16.7 Å². The first-order chi connectivity index (χ1) is 16.9. The maximum atomic E-state index is 13.1. The lowest BCUT2D eigenvalue weighted by molar-refractivity contribution is -0.115. The molecule has 0 radical (unpaired) electrons. The third-order valence-corrected chi connectivity index (χ3v) is 6.74. The molecule has 0 spiro atoms. The molecule has 1 heterocycles. The van der Waals surface area contributed by atoms with Gasteiger partial charge in [-0.15, -0.1) is 10.2 Å². The number of benzene rings is 3. The summed E-state index contributed by atoms with van der Waals surface area (Å²) in [6, 6.07) is 21.3. The third-order valence-electron chi connectivity index (χ3n) is 5.69. The van der Waals surface area contributed by atoms with Crippen LogP contribution in [0.2, 0.25) is 0 Å². The van der Waals surface area contributed by atoms with Crippen LogP contribution < -0.4 is 14.8 Å². The molecule has 180 valence electrons. The summed E-state index contributed by atoms with van der Waals surface area (Å²) in [6.45, 7) is 5.84. The van der Waals surface area contributed by atoms with Crippen LogP contribution in [0.4, 0.5) is 5.69 Å². The van der Waals surface area contributed by atoms with Crippen LogP contribution in [0.3, 0.4) is 0 Å². The molecule has 4 aromatic rings. The number of methoxy groups -OCH3 is 2. The van der Waals surface area contributed by atoms with Gasteiger partial charge in [-0.2, -0.15) is 0 Å². The molecule has 1 amide bonds. The first-order valence-electron chi connectivity index (χ1n) is 11.2. The Morgan fingerprint density at radius 2 is 1.60 bits per heavy atom. The summed E-state index contributed by atoms with van der Waals surface area (Å²) in [4.78, 5) is 13.1. The third kappa shape index (κ3) is 5.17. The molecule has 4 rings (SSSR count). The first kappa shape index (κ1) is 24.3. The molecule has 0 aliphatic heterocycles. The van der Waals surface area contributed by atoms with Crippen LogP contribution in [-0.2, 0) is 4.79 Å². The summed E-state index contributed by atoms with van der Waals surface area (Å²) >= 11 is 1.35. The normalized spacial score (nSPS) is 11.7.